The van der Waals surface area contributed by atoms with E-state index in [9.17, 15) is 4.79 Å². The maximum atomic E-state index is 12.2. The number of hydrogen-bond donors (Lipinski definition) is 0. The van der Waals surface area contributed by atoms with Gasteiger partial charge in [0.05, 0.1) is 33.0 Å². The Bertz CT molecular complexity index is 763. The molecule has 244 valence electrons. The Kier molecular flexibility index (Phi) is 25.3. The first kappa shape index (κ1) is 38.1. The van der Waals surface area contributed by atoms with E-state index in [-0.39, 0.29) is 0 Å². The number of carbonyl (C=O) groups is 1. The first-order valence-corrected chi connectivity index (χ1v) is 17.7. The van der Waals surface area contributed by atoms with E-state index in [0.29, 0.717) is 36.0 Å². The van der Waals surface area contributed by atoms with E-state index in [1.54, 1.807) is 19.2 Å². The standard InChI is InChI=1S/C37H66O5/c1-5-7-9-11-13-15-17-19-21-23-25-27-29-41-35-32-33(37(38)40-4)31-34(39-3)36(35)42-30-28-26-24-22-20-18-16-14-12-10-8-6-2/h31-32H,5-30H2,1-4H3. The highest BCUT2D eigenvalue weighted by molar-refractivity contribution is 5.91. The zero-order valence-electron chi connectivity index (χ0n) is 28.1. The van der Waals surface area contributed by atoms with Crippen molar-refractivity contribution in [1.29, 1.82) is 0 Å². The normalized spacial score (nSPS) is 11.0. The molecule has 0 amide bonds. The molecular weight excluding hydrogens is 524 g/mol. The monoisotopic (exact) mass is 590 g/mol. The number of methoxy groups -OCH3 is 2. The fourth-order valence-electron chi connectivity index (χ4n) is 5.46. The molecule has 1 aromatic carbocycles. The highest BCUT2D eigenvalue weighted by Crippen LogP contribution is 2.39. The van der Waals surface area contributed by atoms with Gasteiger partial charge in [-0.1, -0.05) is 155 Å². The Balaban J connectivity index is 2.35. The maximum Gasteiger partial charge on any atom is 0.338 e. The summed E-state index contributed by atoms with van der Waals surface area (Å²) in [4.78, 5) is 12.2. The quantitative estimate of drug-likeness (QED) is 0.0659. The zero-order valence-corrected chi connectivity index (χ0v) is 28.1. The van der Waals surface area contributed by atoms with Gasteiger partial charge >= 0.3 is 5.97 Å². The van der Waals surface area contributed by atoms with Crippen LogP contribution in [0.4, 0.5) is 0 Å². The van der Waals surface area contributed by atoms with Gasteiger partial charge in [-0.3, -0.25) is 0 Å². The molecule has 42 heavy (non-hydrogen) atoms. The van der Waals surface area contributed by atoms with E-state index in [0.717, 1.165) is 25.7 Å². The molecule has 0 atom stereocenters. The van der Waals surface area contributed by atoms with Crippen molar-refractivity contribution in [1.82, 2.24) is 0 Å². The van der Waals surface area contributed by atoms with Gasteiger partial charge in [-0.25, -0.2) is 4.79 Å². The molecule has 0 radical (unpaired) electrons. The molecule has 0 saturated carbocycles. The number of rotatable bonds is 30. The van der Waals surface area contributed by atoms with Crippen LogP contribution >= 0.6 is 0 Å². The molecule has 0 N–H and O–H groups in total. The molecule has 0 aliphatic heterocycles. The Morgan fingerprint density at radius 1 is 0.500 bits per heavy atom. The van der Waals surface area contributed by atoms with Crippen LogP contribution < -0.4 is 14.2 Å². The second-order valence-corrected chi connectivity index (χ2v) is 12.0. The summed E-state index contributed by atoms with van der Waals surface area (Å²) in [6.45, 7) is 5.76. The molecule has 5 nitrogen and oxygen atoms in total. The smallest absolute Gasteiger partial charge is 0.338 e. The first-order valence-electron chi connectivity index (χ1n) is 17.7. The van der Waals surface area contributed by atoms with Gasteiger partial charge in [0.15, 0.2) is 11.5 Å². The lowest BCUT2D eigenvalue weighted by Crippen LogP contribution is -2.08. The molecular formula is C37H66O5. The molecule has 1 rings (SSSR count). The van der Waals surface area contributed by atoms with Crippen LogP contribution in [0.15, 0.2) is 12.1 Å². The average Bonchev–Trinajstić information content (AvgIpc) is 3.01. The third-order valence-corrected chi connectivity index (χ3v) is 8.16. The maximum absolute atomic E-state index is 12.2. The summed E-state index contributed by atoms with van der Waals surface area (Å²) >= 11 is 0. The van der Waals surface area contributed by atoms with Crippen LogP contribution in [-0.2, 0) is 4.74 Å². The molecule has 5 heteroatoms. The second kappa shape index (κ2) is 27.9. The van der Waals surface area contributed by atoms with Crippen molar-refractivity contribution in [3.63, 3.8) is 0 Å². The van der Waals surface area contributed by atoms with Crippen LogP contribution in [0.2, 0.25) is 0 Å². The lowest BCUT2D eigenvalue weighted by atomic mass is 10.1. The summed E-state index contributed by atoms with van der Waals surface area (Å²) in [7, 11) is 2.99. The van der Waals surface area contributed by atoms with E-state index < -0.39 is 5.97 Å². The van der Waals surface area contributed by atoms with Crippen LogP contribution in [0.3, 0.4) is 0 Å². The Morgan fingerprint density at radius 2 is 0.857 bits per heavy atom. The van der Waals surface area contributed by atoms with E-state index >= 15 is 0 Å². The minimum Gasteiger partial charge on any atom is -0.493 e. The van der Waals surface area contributed by atoms with E-state index in [1.165, 1.54) is 136 Å². The Hall–Kier alpha value is -1.91. The number of unbranched alkanes of at least 4 members (excludes halogenated alkanes) is 22. The van der Waals surface area contributed by atoms with E-state index in [2.05, 4.69) is 13.8 Å². The molecule has 0 heterocycles. The van der Waals surface area contributed by atoms with Gasteiger partial charge in [0.1, 0.15) is 0 Å². The Labute approximate surface area is 259 Å². The largest absolute Gasteiger partial charge is 0.493 e. The molecule has 0 saturated heterocycles. The second-order valence-electron chi connectivity index (χ2n) is 12.0. The molecule has 0 aliphatic carbocycles. The minimum absolute atomic E-state index is 0.406. The molecule has 0 unspecified atom stereocenters. The van der Waals surface area contributed by atoms with Gasteiger partial charge in [-0.05, 0) is 25.0 Å². The number of benzene rings is 1. The van der Waals surface area contributed by atoms with Crippen LogP contribution in [0.25, 0.3) is 0 Å². The fourth-order valence-corrected chi connectivity index (χ4v) is 5.46. The third kappa shape index (κ3) is 19.3. The molecule has 0 aromatic heterocycles. The van der Waals surface area contributed by atoms with Crippen LogP contribution in [0.5, 0.6) is 17.2 Å². The number of carbonyl (C=O) groups excluding carboxylic acids is 1. The SMILES string of the molecule is CCCCCCCCCCCCCCOc1cc(C(=O)OC)cc(OC)c1OCCCCCCCCCCCCCC. The third-order valence-electron chi connectivity index (χ3n) is 8.16. The zero-order chi connectivity index (χ0) is 30.5. The summed E-state index contributed by atoms with van der Waals surface area (Å²) < 4.78 is 22.9. The summed E-state index contributed by atoms with van der Waals surface area (Å²) in [6, 6.07) is 3.41. The van der Waals surface area contributed by atoms with Crippen molar-refractivity contribution in [2.45, 2.75) is 168 Å². The molecule has 0 spiro atoms. The predicted molar refractivity (Wildman–Crippen MR) is 177 cm³/mol. The average molecular weight is 591 g/mol. The molecule has 0 bridgehead atoms. The number of esters is 1. The summed E-state index contributed by atoms with van der Waals surface area (Å²) in [5, 5.41) is 0. The van der Waals surface area contributed by atoms with Crippen molar-refractivity contribution in [3.05, 3.63) is 17.7 Å². The van der Waals surface area contributed by atoms with Crippen molar-refractivity contribution < 1.29 is 23.7 Å². The van der Waals surface area contributed by atoms with Gasteiger partial charge < -0.3 is 18.9 Å². The van der Waals surface area contributed by atoms with Crippen LogP contribution in [0.1, 0.15) is 178 Å². The molecule has 1 aromatic rings. The minimum atomic E-state index is -0.406. The Morgan fingerprint density at radius 3 is 1.24 bits per heavy atom. The highest BCUT2D eigenvalue weighted by Gasteiger charge is 2.18. The van der Waals surface area contributed by atoms with Gasteiger partial charge in [-0.2, -0.15) is 0 Å². The van der Waals surface area contributed by atoms with Crippen molar-refractivity contribution >= 4 is 5.97 Å². The van der Waals surface area contributed by atoms with Gasteiger partial charge in [0.2, 0.25) is 5.75 Å². The van der Waals surface area contributed by atoms with Crippen LogP contribution in [-0.4, -0.2) is 33.4 Å². The molecule has 0 fully saturated rings. The van der Waals surface area contributed by atoms with Gasteiger partial charge in [0, 0.05) is 0 Å². The van der Waals surface area contributed by atoms with Crippen LogP contribution in [0, 0.1) is 0 Å². The van der Waals surface area contributed by atoms with Crippen molar-refractivity contribution in [2.24, 2.45) is 0 Å². The topological polar surface area (TPSA) is 54.0 Å². The van der Waals surface area contributed by atoms with Gasteiger partial charge in [-0.15, -0.1) is 0 Å². The lowest BCUT2D eigenvalue weighted by molar-refractivity contribution is 0.0599. The number of hydrogen-bond acceptors (Lipinski definition) is 5. The summed E-state index contributed by atoms with van der Waals surface area (Å²) in [5.41, 5.74) is 0.414. The number of ether oxygens (including phenoxy) is 4. The lowest BCUT2D eigenvalue weighted by Gasteiger charge is -2.17. The van der Waals surface area contributed by atoms with E-state index in [4.69, 9.17) is 18.9 Å². The predicted octanol–water partition coefficient (Wildman–Crippen LogP) is 11.6. The van der Waals surface area contributed by atoms with E-state index in [1.807, 2.05) is 0 Å². The van der Waals surface area contributed by atoms with Crippen molar-refractivity contribution in [2.75, 3.05) is 27.4 Å². The van der Waals surface area contributed by atoms with Gasteiger partial charge in [0.25, 0.3) is 0 Å². The summed E-state index contributed by atoms with van der Waals surface area (Å²) in [6.07, 6.45) is 31.4. The fraction of sp³-hybridized carbons (Fsp3) is 0.811. The molecule has 0 aliphatic rings. The highest BCUT2D eigenvalue weighted by atomic mass is 16.5. The first-order chi connectivity index (χ1) is 20.7. The van der Waals surface area contributed by atoms with Crippen molar-refractivity contribution in [3.8, 4) is 17.2 Å². The summed E-state index contributed by atoms with van der Waals surface area (Å²) in [5.74, 6) is 1.27.